The van der Waals surface area contributed by atoms with Gasteiger partial charge < -0.3 is 20.7 Å². The van der Waals surface area contributed by atoms with E-state index in [4.69, 9.17) is 10.5 Å². The fourth-order valence-electron chi connectivity index (χ4n) is 1.79. The van der Waals surface area contributed by atoms with Gasteiger partial charge in [-0.1, -0.05) is 0 Å². The molecule has 0 unspecified atom stereocenters. The van der Waals surface area contributed by atoms with E-state index in [1.54, 1.807) is 0 Å². The second-order valence-corrected chi connectivity index (χ2v) is 8.01. The molecule has 1 aliphatic rings. The molecule has 0 aromatic carbocycles. The number of carbonyl (C=O) groups is 1. The molecule has 0 aliphatic carbocycles. The van der Waals surface area contributed by atoms with Crippen molar-refractivity contribution < 1.29 is 9.53 Å². The topological polar surface area (TPSA) is 80.0 Å². The number of nitrogens with two attached hydrogens (primary N) is 1. The van der Waals surface area contributed by atoms with Gasteiger partial charge in [0.15, 0.2) is 5.96 Å². The first-order chi connectivity index (χ1) is 9.59. The maximum Gasteiger partial charge on any atom is 0.408 e. The molecule has 8 heteroatoms. The van der Waals surface area contributed by atoms with E-state index in [0.717, 1.165) is 24.6 Å². The van der Waals surface area contributed by atoms with E-state index in [-0.39, 0.29) is 24.0 Å². The molecule has 130 valence electrons. The summed E-state index contributed by atoms with van der Waals surface area (Å²) < 4.78 is 5.25. The lowest BCUT2D eigenvalue weighted by Crippen LogP contribution is -2.49. The third-order valence-corrected chi connectivity index (χ3v) is 3.75. The van der Waals surface area contributed by atoms with Crippen LogP contribution < -0.4 is 11.1 Å². The molecule has 0 aromatic heterocycles. The van der Waals surface area contributed by atoms with Gasteiger partial charge in [-0.25, -0.2) is 4.79 Å². The summed E-state index contributed by atoms with van der Waals surface area (Å²) in [6.45, 7) is 11.6. The van der Waals surface area contributed by atoms with Crippen LogP contribution >= 0.6 is 35.7 Å². The summed E-state index contributed by atoms with van der Waals surface area (Å²) in [5.41, 5.74) is 5.00. The maximum atomic E-state index is 11.8. The quantitative estimate of drug-likeness (QED) is 0.397. The Balaban J connectivity index is 0.00000441. The molecule has 0 atom stereocenters. The normalized spacial score (nSPS) is 16.8. The van der Waals surface area contributed by atoms with Crippen molar-refractivity contribution in [1.29, 1.82) is 0 Å². The smallest absolute Gasteiger partial charge is 0.408 e. The number of halogens is 1. The fraction of sp³-hybridized carbons (Fsp3) is 0.857. The number of aliphatic imine (C=N–C) groups is 1. The molecule has 3 N–H and O–H groups in total. The van der Waals surface area contributed by atoms with Gasteiger partial charge in [0.2, 0.25) is 0 Å². The maximum absolute atomic E-state index is 11.8. The summed E-state index contributed by atoms with van der Waals surface area (Å²) in [6.07, 6.45) is -0.435. The first-order valence-corrected chi connectivity index (χ1v) is 8.38. The highest BCUT2D eigenvalue weighted by molar-refractivity contribution is 14.0. The fourth-order valence-corrected chi connectivity index (χ4v) is 2.69. The highest BCUT2D eigenvalue weighted by Gasteiger charge is 2.24. The van der Waals surface area contributed by atoms with Crippen LogP contribution in [0.1, 0.15) is 34.6 Å². The van der Waals surface area contributed by atoms with E-state index < -0.39 is 17.2 Å². The van der Waals surface area contributed by atoms with Crippen LogP contribution in [0, 0.1) is 0 Å². The number of hydrogen-bond acceptors (Lipinski definition) is 4. The SMILES string of the molecule is CC(C)(CN=C(N)N1CCSCC1)NC(=O)OC(C)(C)C.I. The molecule has 1 saturated heterocycles. The molecule has 1 heterocycles. The Morgan fingerprint density at radius 2 is 1.82 bits per heavy atom. The summed E-state index contributed by atoms with van der Waals surface area (Å²) in [6, 6.07) is 0. The summed E-state index contributed by atoms with van der Waals surface area (Å²) in [5.74, 6) is 2.71. The van der Waals surface area contributed by atoms with Crippen molar-refractivity contribution in [2.24, 2.45) is 10.7 Å². The van der Waals surface area contributed by atoms with Crippen molar-refractivity contribution in [1.82, 2.24) is 10.2 Å². The van der Waals surface area contributed by atoms with Crippen LogP contribution in [-0.4, -0.2) is 59.2 Å². The minimum Gasteiger partial charge on any atom is -0.444 e. The number of nitrogens with zero attached hydrogens (tertiary/aromatic N) is 2. The molecular weight excluding hydrogens is 415 g/mol. The largest absolute Gasteiger partial charge is 0.444 e. The zero-order valence-electron chi connectivity index (χ0n) is 14.1. The number of thioether (sulfide) groups is 1. The van der Waals surface area contributed by atoms with Crippen LogP contribution in [0.4, 0.5) is 4.79 Å². The lowest BCUT2D eigenvalue weighted by molar-refractivity contribution is 0.0476. The predicted octanol–water partition coefficient (Wildman–Crippen LogP) is 2.27. The van der Waals surface area contributed by atoms with Crippen molar-refractivity contribution in [3.63, 3.8) is 0 Å². The summed E-state index contributed by atoms with van der Waals surface area (Å²) in [7, 11) is 0. The van der Waals surface area contributed by atoms with Gasteiger partial charge in [-0.2, -0.15) is 11.8 Å². The molecule has 6 nitrogen and oxygen atoms in total. The molecule has 0 spiro atoms. The Bertz CT molecular complexity index is 391. The Hall–Kier alpha value is -0.380. The molecule has 1 aliphatic heterocycles. The van der Waals surface area contributed by atoms with Gasteiger partial charge in [0.1, 0.15) is 5.60 Å². The summed E-state index contributed by atoms with van der Waals surface area (Å²) in [4.78, 5) is 18.3. The van der Waals surface area contributed by atoms with Gasteiger partial charge in [-0.05, 0) is 34.6 Å². The number of guanidine groups is 1. The van der Waals surface area contributed by atoms with Gasteiger partial charge in [0.25, 0.3) is 0 Å². The average Bonchev–Trinajstić information content (AvgIpc) is 2.34. The number of amides is 1. The van der Waals surface area contributed by atoms with Crippen molar-refractivity contribution in [3.05, 3.63) is 0 Å². The molecular formula is C14H29IN4O2S. The number of hydrogen-bond donors (Lipinski definition) is 2. The lowest BCUT2D eigenvalue weighted by Gasteiger charge is -2.30. The second-order valence-electron chi connectivity index (χ2n) is 6.78. The van der Waals surface area contributed by atoms with Crippen molar-refractivity contribution in [2.45, 2.75) is 45.8 Å². The zero-order chi connectivity index (χ0) is 16.1. The molecule has 1 fully saturated rings. The van der Waals surface area contributed by atoms with Crippen LogP contribution in [0.2, 0.25) is 0 Å². The van der Waals surface area contributed by atoms with Gasteiger partial charge in [0.05, 0.1) is 12.1 Å². The van der Waals surface area contributed by atoms with Crippen LogP contribution in [-0.2, 0) is 4.74 Å². The van der Waals surface area contributed by atoms with Crippen LogP contribution in [0.3, 0.4) is 0 Å². The van der Waals surface area contributed by atoms with Gasteiger partial charge >= 0.3 is 6.09 Å². The second kappa shape index (κ2) is 9.05. The van der Waals surface area contributed by atoms with Gasteiger partial charge in [-0.3, -0.25) is 4.99 Å². The Labute approximate surface area is 155 Å². The number of nitrogens with one attached hydrogen (secondary N) is 1. The van der Waals surface area contributed by atoms with E-state index in [1.165, 1.54) is 0 Å². The zero-order valence-corrected chi connectivity index (χ0v) is 17.3. The highest BCUT2D eigenvalue weighted by atomic mass is 127. The molecule has 0 bridgehead atoms. The Morgan fingerprint density at radius 3 is 2.32 bits per heavy atom. The standard InChI is InChI=1S/C14H28N4O2S.HI/c1-13(2,3)20-12(19)17-14(4,5)10-16-11(15)18-6-8-21-9-7-18;/h6-10H2,1-5H3,(H2,15,16)(H,17,19);1H. The van der Waals surface area contributed by atoms with E-state index in [1.807, 2.05) is 46.4 Å². The molecule has 0 radical (unpaired) electrons. The van der Waals surface area contributed by atoms with E-state index in [0.29, 0.717) is 12.5 Å². The minimum absolute atomic E-state index is 0. The van der Waals surface area contributed by atoms with Crippen LogP contribution in [0.25, 0.3) is 0 Å². The van der Waals surface area contributed by atoms with Crippen molar-refractivity contribution >= 4 is 47.8 Å². The van der Waals surface area contributed by atoms with Crippen LogP contribution in [0.15, 0.2) is 4.99 Å². The minimum atomic E-state index is -0.506. The van der Waals surface area contributed by atoms with E-state index in [9.17, 15) is 4.79 Å². The first-order valence-electron chi connectivity index (χ1n) is 7.23. The number of alkyl carbamates (subject to hydrolysis) is 1. The highest BCUT2D eigenvalue weighted by Crippen LogP contribution is 2.11. The first kappa shape index (κ1) is 21.6. The molecule has 1 amide bonds. The predicted molar refractivity (Wildman–Crippen MR) is 104 cm³/mol. The van der Waals surface area contributed by atoms with Crippen molar-refractivity contribution in [2.75, 3.05) is 31.1 Å². The summed E-state index contributed by atoms with van der Waals surface area (Å²) >= 11 is 1.93. The molecule has 0 saturated carbocycles. The number of rotatable bonds is 3. The molecule has 1 rings (SSSR count). The lowest BCUT2D eigenvalue weighted by atomic mass is 10.1. The Kier molecular flexibility index (Phi) is 8.89. The third-order valence-electron chi connectivity index (χ3n) is 2.81. The van der Waals surface area contributed by atoms with Gasteiger partial charge in [-0.15, -0.1) is 24.0 Å². The monoisotopic (exact) mass is 444 g/mol. The number of carbonyl (C=O) groups excluding carboxylic acids is 1. The van der Waals surface area contributed by atoms with E-state index in [2.05, 4.69) is 15.2 Å². The molecule has 22 heavy (non-hydrogen) atoms. The molecule has 0 aromatic rings. The number of ether oxygens (including phenoxy) is 1. The average molecular weight is 444 g/mol. The third kappa shape index (κ3) is 8.92. The summed E-state index contributed by atoms with van der Waals surface area (Å²) in [5, 5.41) is 2.82. The Morgan fingerprint density at radius 1 is 1.27 bits per heavy atom. The van der Waals surface area contributed by atoms with Gasteiger partial charge in [0, 0.05) is 24.6 Å². The van der Waals surface area contributed by atoms with Crippen LogP contribution in [0.5, 0.6) is 0 Å². The van der Waals surface area contributed by atoms with E-state index >= 15 is 0 Å². The van der Waals surface area contributed by atoms with Crippen molar-refractivity contribution in [3.8, 4) is 0 Å².